The minimum atomic E-state index is 0.0562. The van der Waals surface area contributed by atoms with Crippen molar-refractivity contribution < 1.29 is 0 Å². The van der Waals surface area contributed by atoms with Crippen LogP contribution < -0.4 is 26.5 Å². The van der Waals surface area contributed by atoms with Gasteiger partial charge in [-0.05, 0) is 69.7 Å². The third-order valence-corrected chi connectivity index (χ3v) is 9.75. The van der Waals surface area contributed by atoms with Gasteiger partial charge >= 0.3 is 0 Å². The van der Waals surface area contributed by atoms with Crippen LogP contribution >= 0.6 is 0 Å². The number of anilines is 5. The number of hydrogen-bond donors (Lipinski definition) is 2. The van der Waals surface area contributed by atoms with Crippen molar-refractivity contribution >= 4 is 67.9 Å². The van der Waals surface area contributed by atoms with Gasteiger partial charge in [-0.15, -0.1) is 0 Å². The second kappa shape index (κ2) is 8.56. The average Bonchev–Trinajstić information content (AvgIpc) is 3.58. The molecule has 10 rings (SSSR count). The van der Waals surface area contributed by atoms with Crippen LogP contribution in [-0.4, -0.2) is 17.4 Å². The fourth-order valence-electron chi connectivity index (χ4n) is 8.15. The zero-order chi connectivity index (χ0) is 28.1. The normalized spacial score (nSPS) is 17.6. The van der Waals surface area contributed by atoms with Gasteiger partial charge in [0.15, 0.2) is 0 Å². The zero-order valence-electron chi connectivity index (χ0n) is 23.4. The van der Waals surface area contributed by atoms with E-state index in [1.165, 1.54) is 72.4 Å². The summed E-state index contributed by atoms with van der Waals surface area (Å²) in [6, 6.07) is 50.7. The van der Waals surface area contributed by atoms with E-state index < -0.39 is 0 Å². The summed E-state index contributed by atoms with van der Waals surface area (Å²) in [7, 11) is 0. The maximum Gasteiger partial charge on any atom is 0.232 e. The highest BCUT2D eigenvalue weighted by atomic mass is 15.3. The van der Waals surface area contributed by atoms with E-state index in [4.69, 9.17) is 0 Å². The summed E-state index contributed by atoms with van der Waals surface area (Å²) in [6.07, 6.45) is 0.0562. The van der Waals surface area contributed by atoms with Gasteiger partial charge < -0.3 is 15.5 Å². The van der Waals surface area contributed by atoms with E-state index >= 15 is 0 Å². The lowest BCUT2D eigenvalue weighted by atomic mass is 9.29. The molecule has 7 aromatic rings. The second-order valence-electron chi connectivity index (χ2n) is 11.9. The van der Waals surface area contributed by atoms with Crippen LogP contribution in [0, 0.1) is 0 Å². The maximum absolute atomic E-state index is 4.13. The molecule has 3 aliphatic rings. The van der Waals surface area contributed by atoms with Gasteiger partial charge in [0, 0.05) is 39.6 Å². The van der Waals surface area contributed by atoms with Crippen molar-refractivity contribution in [2.75, 3.05) is 15.5 Å². The van der Waals surface area contributed by atoms with Crippen LogP contribution in [0.4, 0.5) is 28.6 Å². The minimum absolute atomic E-state index is 0.0562. The number of benzene rings is 6. The molecule has 202 valence electrons. The molecule has 1 aromatic heterocycles. The highest BCUT2D eigenvalue weighted by Gasteiger charge is 2.53. The number of fused-ring (bicyclic) bond motifs is 10. The molecule has 43 heavy (non-hydrogen) atoms. The molecule has 2 N–H and O–H groups in total. The van der Waals surface area contributed by atoms with Crippen LogP contribution in [0.1, 0.15) is 11.4 Å². The lowest BCUT2D eigenvalue weighted by Crippen LogP contribution is -2.61. The molecule has 5 heteroatoms. The third-order valence-electron chi connectivity index (χ3n) is 9.75. The highest BCUT2D eigenvalue weighted by molar-refractivity contribution is 6.93. The molecule has 4 heterocycles. The summed E-state index contributed by atoms with van der Waals surface area (Å²) < 4.78 is 2.43. The summed E-state index contributed by atoms with van der Waals surface area (Å²) in [5.41, 5.74) is 11.4. The molecule has 4 nitrogen and oxygen atoms in total. The van der Waals surface area contributed by atoms with E-state index in [1.807, 2.05) is 0 Å². The molecule has 3 aliphatic heterocycles. The Balaban J connectivity index is 1.33. The molecular weight excluding hydrogens is 523 g/mol. The van der Waals surface area contributed by atoms with Gasteiger partial charge in [0.1, 0.15) is 12.0 Å². The standard InChI is InChI=1S/C38H27BN4/c1-3-14-25(15-4-1)42-31-21-11-9-19-28(31)33-37(42)40-30-23-24-13-7-8-18-27(24)36-35(30)39(33)34-29-20-10-12-22-32(29)43(38(34)41-36)26-16-5-2-6-17-26/h1-23,34,38,40-41H. The first-order valence-corrected chi connectivity index (χ1v) is 15.1. The van der Waals surface area contributed by atoms with Crippen LogP contribution in [0.5, 0.6) is 0 Å². The number of aromatic nitrogens is 1. The number of nitrogens with one attached hydrogen (secondary N) is 2. The van der Waals surface area contributed by atoms with Gasteiger partial charge in [-0.2, -0.15) is 0 Å². The molecule has 0 aliphatic carbocycles. The predicted molar refractivity (Wildman–Crippen MR) is 181 cm³/mol. The van der Waals surface area contributed by atoms with Crippen molar-refractivity contribution in [3.63, 3.8) is 0 Å². The minimum Gasteiger partial charge on any atom is -0.365 e. The predicted octanol–water partition coefficient (Wildman–Crippen LogP) is 7.68. The molecule has 0 amide bonds. The fourth-order valence-corrected chi connectivity index (χ4v) is 8.15. The molecule has 2 unspecified atom stereocenters. The lowest BCUT2D eigenvalue weighted by Gasteiger charge is -2.43. The summed E-state index contributed by atoms with van der Waals surface area (Å²) in [5.74, 6) is 1.38. The number of para-hydroxylation sites is 4. The molecular formula is C38H27BN4. The van der Waals surface area contributed by atoms with Gasteiger partial charge in [-0.25, -0.2) is 0 Å². The van der Waals surface area contributed by atoms with Gasteiger partial charge in [-0.1, -0.05) is 97.1 Å². The quantitative estimate of drug-likeness (QED) is 0.217. The smallest absolute Gasteiger partial charge is 0.232 e. The molecule has 0 fully saturated rings. The zero-order valence-corrected chi connectivity index (χ0v) is 23.4. The Hall–Kier alpha value is -5.42. The Morgan fingerprint density at radius 1 is 0.605 bits per heavy atom. The largest absolute Gasteiger partial charge is 0.365 e. The van der Waals surface area contributed by atoms with Crippen LogP contribution in [0.25, 0.3) is 27.4 Å². The van der Waals surface area contributed by atoms with Gasteiger partial charge in [0.25, 0.3) is 0 Å². The summed E-state index contributed by atoms with van der Waals surface area (Å²) >= 11 is 0. The van der Waals surface area contributed by atoms with E-state index in [-0.39, 0.29) is 18.7 Å². The van der Waals surface area contributed by atoms with E-state index in [0.29, 0.717) is 0 Å². The van der Waals surface area contributed by atoms with Crippen LogP contribution in [0.2, 0.25) is 0 Å². The first kappa shape index (κ1) is 23.2. The number of rotatable bonds is 2. The van der Waals surface area contributed by atoms with Gasteiger partial charge in [0.2, 0.25) is 6.71 Å². The fraction of sp³-hybridized carbons (Fsp3) is 0.0526. The Bertz CT molecular complexity index is 2220. The Kier molecular flexibility index (Phi) is 4.61. The second-order valence-corrected chi connectivity index (χ2v) is 11.9. The van der Waals surface area contributed by atoms with Crippen molar-refractivity contribution in [2.24, 2.45) is 0 Å². The number of hydrogen-bond acceptors (Lipinski definition) is 3. The molecule has 0 spiro atoms. The van der Waals surface area contributed by atoms with E-state index in [9.17, 15) is 0 Å². The number of nitrogens with zero attached hydrogens (tertiary/aromatic N) is 2. The Morgan fingerprint density at radius 3 is 2.12 bits per heavy atom. The topological polar surface area (TPSA) is 32.2 Å². The Morgan fingerprint density at radius 2 is 1.28 bits per heavy atom. The molecule has 0 radical (unpaired) electrons. The van der Waals surface area contributed by atoms with E-state index in [2.05, 4.69) is 160 Å². The van der Waals surface area contributed by atoms with Crippen molar-refractivity contribution in [1.29, 1.82) is 0 Å². The first-order valence-electron chi connectivity index (χ1n) is 15.1. The van der Waals surface area contributed by atoms with E-state index in [0.717, 1.165) is 0 Å². The first-order chi connectivity index (χ1) is 21.4. The van der Waals surface area contributed by atoms with Gasteiger partial charge in [0.05, 0.1) is 5.52 Å². The van der Waals surface area contributed by atoms with Crippen LogP contribution in [-0.2, 0) is 0 Å². The monoisotopic (exact) mass is 550 g/mol. The Labute approximate surface area is 250 Å². The summed E-state index contributed by atoms with van der Waals surface area (Å²) in [6.45, 7) is 0.154. The molecule has 0 bridgehead atoms. The van der Waals surface area contributed by atoms with Crippen molar-refractivity contribution in [1.82, 2.24) is 4.57 Å². The third kappa shape index (κ3) is 3.06. The van der Waals surface area contributed by atoms with Crippen LogP contribution in [0.3, 0.4) is 0 Å². The lowest BCUT2D eigenvalue weighted by molar-refractivity contribution is 0.738. The molecule has 0 saturated carbocycles. The van der Waals surface area contributed by atoms with Crippen molar-refractivity contribution in [3.05, 3.63) is 145 Å². The average molecular weight is 550 g/mol. The SMILES string of the molecule is c1ccc(N2c3ccccc3C3B4c5c(cc6ccccc6c5NC32)Nc2c4c3ccccc3n2-c2ccccc2)cc1. The van der Waals surface area contributed by atoms with Gasteiger partial charge in [-0.3, -0.25) is 4.57 Å². The molecule has 6 aromatic carbocycles. The summed E-state index contributed by atoms with van der Waals surface area (Å²) in [5, 5.41) is 11.9. The molecule has 2 atom stereocenters. The summed E-state index contributed by atoms with van der Waals surface area (Å²) in [4.78, 5) is 2.53. The highest BCUT2D eigenvalue weighted by Crippen LogP contribution is 2.51. The van der Waals surface area contributed by atoms with Crippen molar-refractivity contribution in [2.45, 2.75) is 12.0 Å². The van der Waals surface area contributed by atoms with E-state index in [1.54, 1.807) is 0 Å². The van der Waals surface area contributed by atoms with Crippen molar-refractivity contribution in [3.8, 4) is 5.69 Å². The van der Waals surface area contributed by atoms with Crippen LogP contribution in [0.15, 0.2) is 140 Å². The maximum atomic E-state index is 4.13. The molecule has 0 saturated heterocycles.